The van der Waals surface area contributed by atoms with Gasteiger partial charge in [-0.05, 0) is 26.8 Å². The first-order chi connectivity index (χ1) is 6.81. The lowest BCUT2D eigenvalue weighted by Gasteiger charge is -2.08. The molecule has 4 nitrogen and oxygen atoms in total. The molecule has 2 amide bonds. The van der Waals surface area contributed by atoms with E-state index >= 15 is 0 Å². The fourth-order valence-electron chi connectivity index (χ4n) is 0.791. The Morgan fingerprint density at radius 2 is 1.93 bits per heavy atom. The van der Waals surface area contributed by atoms with Gasteiger partial charge in [0.25, 0.3) is 0 Å². The number of carbonyl (C=O) groups is 1. The van der Waals surface area contributed by atoms with Crippen LogP contribution in [0.3, 0.4) is 0 Å². The van der Waals surface area contributed by atoms with Crippen molar-refractivity contribution in [2.75, 3.05) is 0 Å². The highest BCUT2D eigenvalue weighted by molar-refractivity contribution is 5.73. The maximum absolute atomic E-state index is 10.4. The summed E-state index contributed by atoms with van der Waals surface area (Å²) >= 11 is 0. The van der Waals surface area contributed by atoms with Gasteiger partial charge in [-0.2, -0.15) is 0 Å². The van der Waals surface area contributed by atoms with E-state index in [-0.39, 0.29) is 0 Å². The van der Waals surface area contributed by atoms with Crippen LogP contribution < -0.4 is 11.1 Å². The molecular weight excluding hydrogens is 192 g/mol. The highest BCUT2D eigenvalue weighted by Gasteiger charge is 2.03. The molecule has 0 atom stereocenters. The average Bonchev–Trinajstić information content (AvgIpc) is 1.99. The van der Waals surface area contributed by atoms with Gasteiger partial charge in [0.15, 0.2) is 0 Å². The van der Waals surface area contributed by atoms with E-state index in [9.17, 15) is 9.90 Å². The predicted molar refractivity (Wildman–Crippen MR) is 61.1 cm³/mol. The van der Waals surface area contributed by atoms with Crippen LogP contribution in [-0.2, 0) is 0 Å². The van der Waals surface area contributed by atoms with E-state index in [2.05, 4.69) is 5.32 Å². The Hall–Kier alpha value is -1.55. The number of nitrogens with two attached hydrogens (primary N) is 1. The summed E-state index contributed by atoms with van der Waals surface area (Å²) in [6.07, 6.45) is 8.60. The zero-order valence-corrected chi connectivity index (χ0v) is 9.32. The SMILES string of the molecule is C/C(=C\C=C/C=CC(C)(C)O)NC(N)=O. The Balaban J connectivity index is 4.09. The molecular formula is C11H18N2O2. The predicted octanol–water partition coefficient (Wildman–Crippen LogP) is 1.44. The number of urea groups is 1. The number of nitrogens with one attached hydrogen (secondary N) is 1. The monoisotopic (exact) mass is 210 g/mol. The van der Waals surface area contributed by atoms with Gasteiger partial charge in [-0.3, -0.25) is 0 Å². The summed E-state index contributed by atoms with van der Waals surface area (Å²) in [5.74, 6) is 0. The number of hydrogen-bond acceptors (Lipinski definition) is 2. The molecule has 0 aliphatic carbocycles. The van der Waals surface area contributed by atoms with Crippen molar-refractivity contribution in [2.45, 2.75) is 26.4 Å². The molecule has 0 aliphatic rings. The van der Waals surface area contributed by atoms with Crippen molar-refractivity contribution in [3.05, 3.63) is 36.1 Å². The lowest BCUT2D eigenvalue weighted by Crippen LogP contribution is -2.27. The summed E-state index contributed by atoms with van der Waals surface area (Å²) in [6, 6.07) is -0.579. The number of aliphatic hydroxyl groups is 1. The summed E-state index contributed by atoms with van der Waals surface area (Å²) in [7, 11) is 0. The van der Waals surface area contributed by atoms with Crippen LogP contribution in [0.2, 0.25) is 0 Å². The van der Waals surface area contributed by atoms with Crippen LogP contribution in [0.5, 0.6) is 0 Å². The molecule has 0 aromatic heterocycles. The molecule has 0 aromatic rings. The molecule has 0 saturated heterocycles. The van der Waals surface area contributed by atoms with Crippen LogP contribution in [0.4, 0.5) is 4.79 Å². The van der Waals surface area contributed by atoms with Crippen molar-refractivity contribution in [3.8, 4) is 0 Å². The third kappa shape index (κ3) is 10.4. The molecule has 0 radical (unpaired) electrons. The fraction of sp³-hybridized carbons (Fsp3) is 0.364. The van der Waals surface area contributed by atoms with Crippen molar-refractivity contribution in [1.29, 1.82) is 0 Å². The Morgan fingerprint density at radius 1 is 1.33 bits per heavy atom. The summed E-state index contributed by atoms with van der Waals surface area (Å²) in [5.41, 5.74) is 4.77. The summed E-state index contributed by atoms with van der Waals surface area (Å²) in [5, 5.41) is 11.8. The number of primary amides is 1. The Kier molecular flexibility index (Phi) is 5.41. The van der Waals surface area contributed by atoms with E-state index in [1.165, 1.54) is 0 Å². The summed E-state index contributed by atoms with van der Waals surface area (Å²) in [6.45, 7) is 5.11. The molecule has 0 fully saturated rings. The molecule has 0 rings (SSSR count). The number of hydrogen-bond donors (Lipinski definition) is 3. The zero-order valence-electron chi connectivity index (χ0n) is 9.32. The van der Waals surface area contributed by atoms with Gasteiger partial charge in [0.05, 0.1) is 5.60 Å². The molecule has 0 spiro atoms. The van der Waals surface area contributed by atoms with Crippen molar-refractivity contribution in [3.63, 3.8) is 0 Å². The first-order valence-corrected chi connectivity index (χ1v) is 4.63. The minimum atomic E-state index is -0.811. The van der Waals surface area contributed by atoms with Crippen molar-refractivity contribution >= 4 is 6.03 Å². The van der Waals surface area contributed by atoms with E-state index in [0.29, 0.717) is 5.70 Å². The number of carbonyl (C=O) groups excluding carboxylic acids is 1. The van der Waals surface area contributed by atoms with Crippen molar-refractivity contribution < 1.29 is 9.90 Å². The second-order valence-electron chi connectivity index (χ2n) is 3.74. The normalized spacial score (nSPS) is 13.7. The van der Waals surface area contributed by atoms with Crippen LogP contribution in [0, 0.1) is 0 Å². The van der Waals surface area contributed by atoms with Gasteiger partial charge in [-0.25, -0.2) is 4.79 Å². The second kappa shape index (κ2) is 6.03. The van der Waals surface area contributed by atoms with Gasteiger partial charge in [0, 0.05) is 5.70 Å². The second-order valence-corrected chi connectivity index (χ2v) is 3.74. The average molecular weight is 210 g/mol. The van der Waals surface area contributed by atoms with E-state index in [0.717, 1.165) is 0 Å². The van der Waals surface area contributed by atoms with E-state index in [4.69, 9.17) is 5.73 Å². The number of allylic oxidation sites excluding steroid dienone is 5. The minimum absolute atomic E-state index is 0.579. The molecule has 4 heteroatoms. The standard InChI is InChI=1S/C11H18N2O2/c1-9(13-10(12)14)7-5-4-6-8-11(2,3)15/h4-8,15H,1-3H3,(H3,12,13,14)/b5-4-,8-6?,9-7+. The molecule has 0 aliphatic heterocycles. The largest absolute Gasteiger partial charge is 0.386 e. The quantitative estimate of drug-likeness (QED) is 0.614. The summed E-state index contributed by atoms with van der Waals surface area (Å²) < 4.78 is 0. The van der Waals surface area contributed by atoms with Gasteiger partial charge >= 0.3 is 6.03 Å². The van der Waals surface area contributed by atoms with Crippen molar-refractivity contribution in [1.82, 2.24) is 5.32 Å². The van der Waals surface area contributed by atoms with Crippen LogP contribution in [0.25, 0.3) is 0 Å². The van der Waals surface area contributed by atoms with Gasteiger partial charge in [0.1, 0.15) is 0 Å². The van der Waals surface area contributed by atoms with Crippen LogP contribution in [0.1, 0.15) is 20.8 Å². The van der Waals surface area contributed by atoms with E-state index < -0.39 is 11.6 Å². The minimum Gasteiger partial charge on any atom is -0.386 e. The van der Waals surface area contributed by atoms with Gasteiger partial charge < -0.3 is 16.2 Å². The van der Waals surface area contributed by atoms with Gasteiger partial charge in [-0.1, -0.05) is 24.3 Å². The molecule has 0 aromatic carbocycles. The lowest BCUT2D eigenvalue weighted by atomic mass is 10.1. The Labute approximate surface area is 90.2 Å². The topological polar surface area (TPSA) is 75.3 Å². The highest BCUT2D eigenvalue weighted by atomic mass is 16.3. The molecule has 84 valence electrons. The first-order valence-electron chi connectivity index (χ1n) is 4.63. The van der Waals surface area contributed by atoms with Crippen LogP contribution >= 0.6 is 0 Å². The third-order valence-electron chi connectivity index (χ3n) is 1.39. The maximum Gasteiger partial charge on any atom is 0.316 e. The molecule has 0 unspecified atom stereocenters. The van der Waals surface area contributed by atoms with E-state index in [1.807, 2.05) is 0 Å². The molecule has 4 N–H and O–H groups in total. The molecule has 0 heterocycles. The molecule has 0 saturated carbocycles. The highest BCUT2D eigenvalue weighted by Crippen LogP contribution is 2.02. The van der Waals surface area contributed by atoms with Gasteiger partial charge in [-0.15, -0.1) is 0 Å². The van der Waals surface area contributed by atoms with Crippen molar-refractivity contribution in [2.24, 2.45) is 5.73 Å². The Bertz CT molecular complexity index is 296. The number of amides is 2. The maximum atomic E-state index is 10.4. The fourth-order valence-corrected chi connectivity index (χ4v) is 0.791. The van der Waals surface area contributed by atoms with Crippen LogP contribution in [0.15, 0.2) is 36.1 Å². The zero-order chi connectivity index (χ0) is 11.9. The Morgan fingerprint density at radius 3 is 2.40 bits per heavy atom. The summed E-state index contributed by atoms with van der Waals surface area (Å²) in [4.78, 5) is 10.4. The number of rotatable bonds is 4. The van der Waals surface area contributed by atoms with E-state index in [1.54, 1.807) is 51.2 Å². The first kappa shape index (κ1) is 13.4. The van der Waals surface area contributed by atoms with Gasteiger partial charge in [0.2, 0.25) is 0 Å². The smallest absolute Gasteiger partial charge is 0.316 e. The lowest BCUT2D eigenvalue weighted by molar-refractivity contribution is 0.133. The molecule has 15 heavy (non-hydrogen) atoms. The van der Waals surface area contributed by atoms with Crippen LogP contribution in [-0.4, -0.2) is 16.7 Å². The molecule has 0 bridgehead atoms. The third-order valence-corrected chi connectivity index (χ3v) is 1.39.